The molecule has 0 heterocycles. The lowest BCUT2D eigenvalue weighted by atomic mass is 9.93. The van der Waals surface area contributed by atoms with Crippen molar-refractivity contribution in [2.45, 2.75) is 0 Å². The first kappa shape index (κ1) is 34.9. The van der Waals surface area contributed by atoms with Crippen molar-refractivity contribution in [3.63, 3.8) is 0 Å². The molecule has 0 aliphatic heterocycles. The summed E-state index contributed by atoms with van der Waals surface area (Å²) >= 11 is 0. The van der Waals surface area contributed by atoms with Crippen molar-refractivity contribution in [3.8, 4) is 0 Å². The highest BCUT2D eigenvalue weighted by Gasteiger charge is 2.29. The summed E-state index contributed by atoms with van der Waals surface area (Å²) in [6, 6.07) is 0. The van der Waals surface area contributed by atoms with Crippen LogP contribution in [0.4, 0.5) is 17.3 Å². The van der Waals surface area contributed by atoms with Crippen LogP contribution in [-0.2, 0) is 9.59 Å². The number of aliphatic carboxylic acids is 2. The maximum absolute atomic E-state index is 10.6. The van der Waals surface area contributed by atoms with Crippen LogP contribution in [0.15, 0.2) is 23.8 Å². The van der Waals surface area contributed by atoms with Crippen LogP contribution >= 0.6 is 0 Å². The standard InChI is InChI=1S/C8H6N2O4.4BFH2O2/c9-10-4-1-2-5(7(11)12)6(3-4)8(13)14;4*2-1(3)4/h1-3,5H,(H,11,12)(H,13,14);4*3-4H. The molecule has 0 aromatic heterocycles. The maximum Gasteiger partial charge on any atom is 0.674 e. The van der Waals surface area contributed by atoms with E-state index >= 15 is 0 Å². The van der Waals surface area contributed by atoms with E-state index in [1.54, 1.807) is 0 Å². The Morgan fingerprint density at radius 1 is 0.833 bits per heavy atom. The Bertz CT molecular complexity index is 568. The molecule has 1 aliphatic rings. The third kappa shape index (κ3) is 36.4. The van der Waals surface area contributed by atoms with Crippen LogP contribution in [0.25, 0.3) is 5.53 Å². The highest BCUT2D eigenvalue weighted by atomic mass is 19.1. The Kier molecular flexibility index (Phi) is 24.7. The van der Waals surface area contributed by atoms with Gasteiger partial charge in [0, 0.05) is 12.2 Å². The summed E-state index contributed by atoms with van der Waals surface area (Å²) in [5.41, 5.74) is 8.05. The first-order valence-electron chi connectivity index (χ1n) is 6.58. The number of carbonyl (C=O) groups is 2. The minimum absolute atomic E-state index is 0.0138. The van der Waals surface area contributed by atoms with Crippen molar-refractivity contribution < 1.29 is 82.0 Å². The number of rotatable bonds is 2. The second kappa shape index (κ2) is 21.2. The van der Waals surface area contributed by atoms with Crippen LogP contribution in [-0.4, -0.2) is 102 Å². The number of hydrogen-bond donors (Lipinski definition) is 10. The van der Waals surface area contributed by atoms with Crippen molar-refractivity contribution in [3.05, 3.63) is 29.3 Å². The molecule has 30 heavy (non-hydrogen) atoms. The van der Waals surface area contributed by atoms with Gasteiger partial charge in [0.2, 0.25) is 0 Å². The van der Waals surface area contributed by atoms with Crippen molar-refractivity contribution in [1.29, 1.82) is 0 Å². The Morgan fingerprint density at radius 2 is 1.13 bits per heavy atom. The molecule has 0 amide bonds. The van der Waals surface area contributed by atoms with E-state index in [4.69, 9.17) is 55.9 Å². The second-order valence-corrected chi connectivity index (χ2v) is 3.85. The quantitative estimate of drug-likeness (QED) is 0.0828. The Balaban J connectivity index is -0.000000174. The molecule has 0 aromatic rings. The van der Waals surface area contributed by atoms with Gasteiger partial charge < -0.3 is 55.9 Å². The highest BCUT2D eigenvalue weighted by Crippen LogP contribution is 2.17. The lowest BCUT2D eigenvalue weighted by molar-refractivity contribution is -0.142. The van der Waals surface area contributed by atoms with Gasteiger partial charge in [0.1, 0.15) is 5.92 Å². The topological polar surface area (TPSA) is 273 Å². The smallest absolute Gasteiger partial charge is 0.481 e. The van der Waals surface area contributed by atoms with Crippen LogP contribution in [0.2, 0.25) is 0 Å². The van der Waals surface area contributed by atoms with E-state index in [1.807, 2.05) is 0 Å². The highest BCUT2D eigenvalue weighted by molar-refractivity contribution is 6.32. The van der Waals surface area contributed by atoms with Gasteiger partial charge in [-0.25, -0.2) is 4.79 Å². The van der Waals surface area contributed by atoms with E-state index in [9.17, 15) is 26.9 Å². The number of nitrogens with zero attached hydrogens (tertiary/aromatic N) is 2. The Hall–Kier alpha value is -2.54. The SMILES string of the molecule is OB(O)F.OB(O)F.OB(O)F.OB(O)F.[N-]=[N+]=C1C=CC(C(=O)O)C(C(=O)O)=C1. The molecule has 0 aromatic carbocycles. The molecule has 1 rings (SSSR count). The van der Waals surface area contributed by atoms with Gasteiger partial charge in [0.15, 0.2) is 0 Å². The monoisotopic (exact) mass is 450 g/mol. The van der Waals surface area contributed by atoms with Gasteiger partial charge in [0.05, 0.1) is 5.57 Å². The van der Waals surface area contributed by atoms with Crippen molar-refractivity contribution in [1.82, 2.24) is 0 Å². The first-order valence-corrected chi connectivity index (χ1v) is 6.58. The number of hydrogen-bond acceptors (Lipinski definition) is 10. The van der Waals surface area contributed by atoms with Gasteiger partial charge in [-0.2, -0.15) is 4.79 Å². The van der Waals surface area contributed by atoms with Crippen molar-refractivity contribution in [2.24, 2.45) is 5.92 Å². The van der Waals surface area contributed by atoms with E-state index in [1.165, 1.54) is 6.08 Å². The van der Waals surface area contributed by atoms with Crippen molar-refractivity contribution in [2.75, 3.05) is 0 Å². The zero-order valence-corrected chi connectivity index (χ0v) is 14.3. The first-order chi connectivity index (χ1) is 13.5. The average Bonchev–Trinajstić information content (AvgIpc) is 2.51. The molecule has 0 saturated heterocycles. The van der Waals surface area contributed by atoms with E-state index in [2.05, 4.69) is 4.79 Å². The van der Waals surface area contributed by atoms with E-state index in [0.29, 0.717) is 0 Å². The van der Waals surface area contributed by atoms with E-state index < -0.39 is 47.4 Å². The predicted molar refractivity (Wildman–Crippen MR) is 89.8 cm³/mol. The summed E-state index contributed by atoms with van der Waals surface area (Å²) < 4.78 is 40.4. The Labute approximate surface area is 165 Å². The van der Waals surface area contributed by atoms with Gasteiger partial charge >= 0.3 is 47.2 Å². The summed E-state index contributed by atoms with van der Waals surface area (Å²) in [4.78, 5) is 24.0. The van der Waals surface area contributed by atoms with Crippen LogP contribution in [0.3, 0.4) is 0 Å². The van der Waals surface area contributed by atoms with Crippen molar-refractivity contribution >= 4 is 47.2 Å². The number of carboxylic acid groups (broad SMARTS) is 2. The largest absolute Gasteiger partial charge is 0.674 e. The molecule has 14 nitrogen and oxygen atoms in total. The normalized spacial score (nSPS) is 12.9. The molecular weight excluding hydrogens is 435 g/mol. The molecular formula is C8H14B4F4N2O12. The summed E-state index contributed by atoms with van der Waals surface area (Å²) in [5, 5.41) is 72.9. The maximum atomic E-state index is 10.6. The number of allylic oxidation sites excluding steroid dienone is 2. The summed E-state index contributed by atoms with van der Waals surface area (Å²) in [7, 11) is -10.7. The second-order valence-electron chi connectivity index (χ2n) is 3.85. The van der Waals surface area contributed by atoms with Gasteiger partial charge in [-0.05, 0) is 0 Å². The fourth-order valence-corrected chi connectivity index (χ4v) is 1.07. The molecule has 1 unspecified atom stereocenters. The molecule has 0 spiro atoms. The lowest BCUT2D eigenvalue weighted by Crippen LogP contribution is -2.23. The molecule has 10 N–H and O–H groups in total. The molecule has 1 aliphatic carbocycles. The van der Waals surface area contributed by atoms with Gasteiger partial charge in [-0.1, -0.05) is 6.08 Å². The molecule has 0 saturated carbocycles. The van der Waals surface area contributed by atoms with Gasteiger partial charge in [-0.3, -0.25) is 22.1 Å². The lowest BCUT2D eigenvalue weighted by Gasteiger charge is -2.09. The summed E-state index contributed by atoms with van der Waals surface area (Å²) in [6.07, 6.45) is 3.41. The molecule has 1 atom stereocenters. The van der Waals surface area contributed by atoms with Crippen LogP contribution in [0.5, 0.6) is 0 Å². The molecule has 22 heteroatoms. The zero-order chi connectivity index (χ0) is 25.0. The molecule has 0 radical (unpaired) electrons. The van der Waals surface area contributed by atoms with E-state index in [0.717, 1.165) is 12.2 Å². The van der Waals surface area contributed by atoms with E-state index in [-0.39, 0.29) is 11.3 Å². The summed E-state index contributed by atoms with van der Waals surface area (Å²) in [5.74, 6) is -3.80. The predicted octanol–water partition coefficient (Wildman–Crippen LogP) is -4.36. The molecule has 0 fully saturated rings. The van der Waals surface area contributed by atoms with Crippen LogP contribution < -0.4 is 0 Å². The van der Waals surface area contributed by atoms with Gasteiger partial charge in [0.25, 0.3) is 0 Å². The number of carboxylic acids is 2. The molecule has 0 bridgehead atoms. The Morgan fingerprint density at radius 3 is 1.33 bits per heavy atom. The fourth-order valence-electron chi connectivity index (χ4n) is 1.07. The zero-order valence-electron chi connectivity index (χ0n) is 14.3. The number of halogens is 4. The third-order valence-electron chi connectivity index (χ3n) is 1.73. The average molecular weight is 449 g/mol. The third-order valence-corrected chi connectivity index (χ3v) is 1.73. The minimum atomic E-state index is -2.67. The molecule has 168 valence electrons. The summed E-state index contributed by atoms with van der Waals surface area (Å²) in [6.45, 7) is 0. The fraction of sp³-hybridized carbons (Fsp3) is 0.125. The van der Waals surface area contributed by atoms with Gasteiger partial charge in [-0.15, -0.1) is 0 Å². The minimum Gasteiger partial charge on any atom is -0.481 e. The van der Waals surface area contributed by atoms with Crippen LogP contribution in [0, 0.1) is 5.92 Å². The van der Waals surface area contributed by atoms with Crippen LogP contribution in [0.1, 0.15) is 0 Å².